The predicted octanol–water partition coefficient (Wildman–Crippen LogP) is 2.20. The van der Waals surface area contributed by atoms with Crippen LogP contribution in [0.4, 0.5) is 4.79 Å². The zero-order chi connectivity index (χ0) is 20.3. The van der Waals surface area contributed by atoms with Gasteiger partial charge in [0.25, 0.3) is 0 Å². The molecule has 2 saturated heterocycles. The second-order valence-corrected chi connectivity index (χ2v) is 8.00. The van der Waals surface area contributed by atoms with Crippen molar-refractivity contribution in [2.75, 3.05) is 40.5 Å². The lowest BCUT2D eigenvalue weighted by molar-refractivity contribution is -0.143. The highest BCUT2D eigenvalue weighted by Crippen LogP contribution is 2.30. The van der Waals surface area contributed by atoms with Crippen LogP contribution in [0.2, 0.25) is 0 Å². The predicted molar refractivity (Wildman–Crippen MR) is 106 cm³/mol. The number of methoxy groups -OCH3 is 2. The van der Waals surface area contributed by atoms with E-state index in [0.29, 0.717) is 45.1 Å². The van der Waals surface area contributed by atoms with Crippen LogP contribution in [0.25, 0.3) is 0 Å². The van der Waals surface area contributed by atoms with Crippen molar-refractivity contribution >= 4 is 11.9 Å². The topological polar surface area (TPSA) is 62.3 Å². The van der Waals surface area contributed by atoms with Crippen molar-refractivity contribution < 1.29 is 19.1 Å². The highest BCUT2D eigenvalue weighted by atomic mass is 16.5. The van der Waals surface area contributed by atoms with Crippen molar-refractivity contribution in [3.63, 3.8) is 0 Å². The molecule has 7 nitrogen and oxygen atoms in total. The molecule has 154 valence electrons. The third-order valence-electron chi connectivity index (χ3n) is 5.45. The van der Waals surface area contributed by atoms with Gasteiger partial charge in [0.2, 0.25) is 5.91 Å². The number of urea groups is 1. The number of piperazine rings is 1. The zero-order valence-electron chi connectivity index (χ0n) is 17.3. The fraction of sp³-hybridized carbons (Fsp3) is 0.619. The van der Waals surface area contributed by atoms with Crippen molar-refractivity contribution in [1.82, 2.24) is 14.7 Å². The largest absolute Gasteiger partial charge is 0.497 e. The second-order valence-electron chi connectivity index (χ2n) is 8.00. The maximum absolute atomic E-state index is 13.2. The van der Waals surface area contributed by atoms with Crippen molar-refractivity contribution in [3.05, 3.63) is 29.8 Å². The SMILES string of the molecule is COCCN1C[C@H]2CN(Cc3cccc(OC)c3)C(=O)N2[C@@H](CC(C)C)C1=O. The van der Waals surface area contributed by atoms with Crippen LogP contribution < -0.4 is 4.74 Å². The average Bonchev–Trinajstić information content (AvgIpc) is 2.97. The number of hydrogen-bond acceptors (Lipinski definition) is 4. The molecule has 2 aliphatic rings. The summed E-state index contributed by atoms with van der Waals surface area (Å²) in [6.45, 7) is 6.96. The number of fused-ring (bicyclic) bond motifs is 1. The molecule has 7 heteroatoms. The minimum absolute atomic E-state index is 0.0245. The summed E-state index contributed by atoms with van der Waals surface area (Å²) in [7, 11) is 3.28. The van der Waals surface area contributed by atoms with E-state index in [9.17, 15) is 9.59 Å². The monoisotopic (exact) mass is 389 g/mol. The van der Waals surface area contributed by atoms with Crippen LogP contribution in [-0.2, 0) is 16.1 Å². The molecule has 0 bridgehead atoms. The van der Waals surface area contributed by atoms with E-state index in [1.807, 2.05) is 39.0 Å². The molecule has 2 heterocycles. The van der Waals surface area contributed by atoms with E-state index >= 15 is 0 Å². The number of rotatable bonds is 8. The number of amides is 3. The van der Waals surface area contributed by atoms with Gasteiger partial charge in [-0.25, -0.2) is 4.79 Å². The van der Waals surface area contributed by atoms with E-state index < -0.39 is 6.04 Å². The van der Waals surface area contributed by atoms with E-state index in [1.54, 1.807) is 14.2 Å². The molecule has 0 aliphatic carbocycles. The van der Waals surface area contributed by atoms with E-state index in [2.05, 4.69) is 13.8 Å². The van der Waals surface area contributed by atoms with Gasteiger partial charge in [0.05, 0.1) is 19.8 Å². The number of carbonyl (C=O) groups is 2. The van der Waals surface area contributed by atoms with Crippen LogP contribution >= 0.6 is 0 Å². The van der Waals surface area contributed by atoms with Gasteiger partial charge in [0.1, 0.15) is 11.8 Å². The first-order valence-electron chi connectivity index (χ1n) is 9.92. The first kappa shape index (κ1) is 20.5. The standard InChI is InChI=1S/C21H31N3O4/c1-15(2)10-19-20(25)22(8-9-27-3)13-17-14-23(21(26)24(17)19)12-16-6-5-7-18(11-16)28-4/h5-7,11,15,17,19H,8-10,12-14H2,1-4H3/t17-,19-/m0/s1. The summed E-state index contributed by atoms with van der Waals surface area (Å²) in [6, 6.07) is 7.36. The van der Waals surface area contributed by atoms with E-state index in [0.717, 1.165) is 11.3 Å². The Bertz CT molecular complexity index is 709. The van der Waals surface area contributed by atoms with Crippen molar-refractivity contribution in [2.45, 2.75) is 38.9 Å². The van der Waals surface area contributed by atoms with Crippen molar-refractivity contribution in [2.24, 2.45) is 5.92 Å². The molecule has 2 fully saturated rings. The summed E-state index contributed by atoms with van der Waals surface area (Å²) in [5.74, 6) is 1.15. The number of hydrogen-bond donors (Lipinski definition) is 0. The molecule has 0 saturated carbocycles. The van der Waals surface area contributed by atoms with Gasteiger partial charge in [-0.05, 0) is 30.0 Å². The average molecular weight is 389 g/mol. The highest BCUT2D eigenvalue weighted by Gasteiger charge is 2.49. The number of ether oxygens (including phenoxy) is 2. The van der Waals surface area contributed by atoms with Gasteiger partial charge in [0.15, 0.2) is 0 Å². The third kappa shape index (κ3) is 4.24. The molecule has 0 N–H and O–H groups in total. The Morgan fingerprint density at radius 1 is 1.14 bits per heavy atom. The van der Waals surface area contributed by atoms with Gasteiger partial charge >= 0.3 is 6.03 Å². The number of nitrogens with zero attached hydrogens (tertiary/aromatic N) is 3. The zero-order valence-corrected chi connectivity index (χ0v) is 17.3. The van der Waals surface area contributed by atoms with Crippen LogP contribution in [0, 0.1) is 5.92 Å². The Morgan fingerprint density at radius 3 is 2.57 bits per heavy atom. The lowest BCUT2D eigenvalue weighted by atomic mass is 9.97. The summed E-state index contributed by atoms with van der Waals surface area (Å²) in [4.78, 5) is 31.8. The molecule has 1 aromatic carbocycles. The first-order chi connectivity index (χ1) is 13.4. The number of benzene rings is 1. The normalized spacial score (nSPS) is 22.2. The van der Waals surface area contributed by atoms with Crippen molar-refractivity contribution in [1.29, 1.82) is 0 Å². The fourth-order valence-corrected chi connectivity index (χ4v) is 4.13. The molecule has 2 aliphatic heterocycles. The van der Waals surface area contributed by atoms with E-state index in [-0.39, 0.29) is 18.0 Å². The first-order valence-corrected chi connectivity index (χ1v) is 9.92. The second kappa shape index (κ2) is 8.82. The molecule has 0 aromatic heterocycles. The molecule has 28 heavy (non-hydrogen) atoms. The molecule has 0 radical (unpaired) electrons. The smallest absolute Gasteiger partial charge is 0.321 e. The number of carbonyl (C=O) groups excluding carboxylic acids is 2. The summed E-state index contributed by atoms with van der Waals surface area (Å²) in [5, 5.41) is 0. The summed E-state index contributed by atoms with van der Waals surface area (Å²) in [5.41, 5.74) is 1.02. The third-order valence-corrected chi connectivity index (χ3v) is 5.45. The van der Waals surface area contributed by atoms with E-state index in [4.69, 9.17) is 9.47 Å². The van der Waals surface area contributed by atoms with Crippen LogP contribution in [0.5, 0.6) is 5.75 Å². The van der Waals surface area contributed by atoms with Gasteiger partial charge in [-0.2, -0.15) is 0 Å². The van der Waals surface area contributed by atoms with Crippen LogP contribution in [0.3, 0.4) is 0 Å². The minimum atomic E-state index is -0.390. The van der Waals surface area contributed by atoms with Crippen LogP contribution in [0.15, 0.2) is 24.3 Å². The summed E-state index contributed by atoms with van der Waals surface area (Å²) < 4.78 is 10.5. The lowest BCUT2D eigenvalue weighted by Crippen LogP contribution is -2.61. The molecular weight excluding hydrogens is 358 g/mol. The molecule has 0 unspecified atom stereocenters. The minimum Gasteiger partial charge on any atom is -0.497 e. The molecular formula is C21H31N3O4. The molecule has 0 spiro atoms. The fourth-order valence-electron chi connectivity index (χ4n) is 4.13. The summed E-state index contributed by atoms with van der Waals surface area (Å²) >= 11 is 0. The Morgan fingerprint density at radius 2 is 1.89 bits per heavy atom. The summed E-state index contributed by atoms with van der Waals surface area (Å²) in [6.07, 6.45) is 0.678. The highest BCUT2D eigenvalue weighted by molar-refractivity contribution is 5.90. The van der Waals surface area contributed by atoms with Crippen LogP contribution in [0.1, 0.15) is 25.8 Å². The maximum Gasteiger partial charge on any atom is 0.321 e. The Hall–Kier alpha value is -2.28. The molecule has 3 amide bonds. The van der Waals surface area contributed by atoms with Gasteiger partial charge in [0, 0.05) is 33.3 Å². The molecule has 2 atom stereocenters. The maximum atomic E-state index is 13.2. The molecule has 1 aromatic rings. The Balaban J connectivity index is 1.79. The van der Waals surface area contributed by atoms with Gasteiger partial charge in [-0.1, -0.05) is 26.0 Å². The van der Waals surface area contributed by atoms with Crippen molar-refractivity contribution in [3.8, 4) is 5.75 Å². The van der Waals surface area contributed by atoms with Gasteiger partial charge in [-0.15, -0.1) is 0 Å². The Labute approximate surface area is 167 Å². The quantitative estimate of drug-likeness (QED) is 0.684. The van der Waals surface area contributed by atoms with E-state index in [1.165, 1.54) is 0 Å². The Kier molecular flexibility index (Phi) is 6.44. The lowest BCUT2D eigenvalue weighted by Gasteiger charge is -2.42. The van der Waals surface area contributed by atoms with Gasteiger partial charge < -0.3 is 24.2 Å². The van der Waals surface area contributed by atoms with Gasteiger partial charge in [-0.3, -0.25) is 4.79 Å². The molecule has 3 rings (SSSR count). The van der Waals surface area contributed by atoms with Crippen LogP contribution in [-0.4, -0.2) is 79.2 Å².